The first-order valence-electron chi connectivity index (χ1n) is 6.89. The van der Waals surface area contributed by atoms with Crippen LogP contribution in [0.25, 0.3) is 0 Å². The summed E-state index contributed by atoms with van der Waals surface area (Å²) in [5.74, 6) is -0.0668. The molecule has 3 rings (SSSR count). The SMILES string of the molecule is O=C1C(Sc2ccc(C(F)(F)F)nn2)CCN1c1ccccc1. The molecule has 1 fully saturated rings. The van der Waals surface area contributed by atoms with E-state index >= 15 is 0 Å². The Bertz CT molecular complexity index is 691. The maximum Gasteiger partial charge on any atom is 0.435 e. The average molecular weight is 339 g/mol. The van der Waals surface area contributed by atoms with Gasteiger partial charge in [-0.25, -0.2) is 0 Å². The van der Waals surface area contributed by atoms with E-state index in [1.807, 2.05) is 30.3 Å². The van der Waals surface area contributed by atoms with Gasteiger partial charge in [-0.3, -0.25) is 4.79 Å². The zero-order valence-corrected chi connectivity index (χ0v) is 12.6. The summed E-state index contributed by atoms with van der Waals surface area (Å²) in [6.45, 7) is 0.578. The summed E-state index contributed by atoms with van der Waals surface area (Å²) in [5.41, 5.74) is -0.218. The number of rotatable bonds is 3. The van der Waals surface area contributed by atoms with Crippen LogP contribution in [0.1, 0.15) is 12.1 Å². The van der Waals surface area contributed by atoms with Crippen LogP contribution < -0.4 is 4.90 Å². The summed E-state index contributed by atoms with van der Waals surface area (Å²) in [5, 5.41) is 6.69. The van der Waals surface area contributed by atoms with Crippen molar-refractivity contribution in [3.8, 4) is 0 Å². The lowest BCUT2D eigenvalue weighted by atomic mass is 10.3. The number of alkyl halides is 3. The molecule has 0 aliphatic carbocycles. The second kappa shape index (κ2) is 6.19. The molecule has 2 aromatic rings. The van der Waals surface area contributed by atoms with Crippen molar-refractivity contribution in [2.45, 2.75) is 22.9 Å². The van der Waals surface area contributed by atoms with Gasteiger partial charge in [0.2, 0.25) is 5.91 Å². The fraction of sp³-hybridized carbons (Fsp3) is 0.267. The van der Waals surface area contributed by atoms with E-state index in [1.54, 1.807) is 4.90 Å². The van der Waals surface area contributed by atoms with E-state index < -0.39 is 11.9 Å². The Morgan fingerprint density at radius 1 is 1.09 bits per heavy atom. The molecule has 8 heteroatoms. The van der Waals surface area contributed by atoms with Gasteiger partial charge in [-0.15, -0.1) is 10.2 Å². The summed E-state index contributed by atoms with van der Waals surface area (Å²) in [6.07, 6.45) is -3.90. The molecule has 1 saturated heterocycles. The number of aromatic nitrogens is 2. The third-order valence-corrected chi connectivity index (χ3v) is 4.60. The number of amides is 1. The molecular formula is C15H12F3N3OS. The Morgan fingerprint density at radius 2 is 1.83 bits per heavy atom. The molecule has 0 spiro atoms. The minimum absolute atomic E-state index is 0.0668. The minimum atomic E-state index is -4.51. The largest absolute Gasteiger partial charge is 0.435 e. The number of nitrogens with zero attached hydrogens (tertiary/aromatic N) is 3. The third-order valence-electron chi connectivity index (χ3n) is 3.42. The Labute approximate surface area is 134 Å². The Morgan fingerprint density at radius 3 is 2.43 bits per heavy atom. The number of thioether (sulfide) groups is 1. The second-order valence-electron chi connectivity index (χ2n) is 4.98. The first kappa shape index (κ1) is 15.8. The van der Waals surface area contributed by atoms with E-state index in [0.717, 1.165) is 23.5 Å². The Balaban J connectivity index is 1.69. The van der Waals surface area contributed by atoms with Crippen LogP contribution in [-0.2, 0) is 11.0 Å². The lowest BCUT2D eigenvalue weighted by molar-refractivity contribution is -0.141. The Kier molecular flexibility index (Phi) is 4.25. The van der Waals surface area contributed by atoms with E-state index in [2.05, 4.69) is 10.2 Å². The number of hydrogen-bond acceptors (Lipinski definition) is 4. The van der Waals surface area contributed by atoms with Crippen molar-refractivity contribution in [2.75, 3.05) is 11.4 Å². The van der Waals surface area contributed by atoms with Crippen LogP contribution in [-0.4, -0.2) is 27.9 Å². The summed E-state index contributed by atoms with van der Waals surface area (Å²) in [4.78, 5) is 14.1. The number of para-hydroxylation sites is 1. The van der Waals surface area contributed by atoms with Gasteiger partial charge >= 0.3 is 6.18 Å². The second-order valence-corrected chi connectivity index (χ2v) is 6.20. The molecule has 2 heterocycles. The molecule has 1 unspecified atom stereocenters. The van der Waals surface area contributed by atoms with E-state index in [4.69, 9.17) is 0 Å². The highest BCUT2D eigenvalue weighted by atomic mass is 32.2. The summed E-state index contributed by atoms with van der Waals surface area (Å²) in [7, 11) is 0. The molecule has 0 N–H and O–H groups in total. The molecule has 4 nitrogen and oxygen atoms in total. The summed E-state index contributed by atoms with van der Waals surface area (Å²) < 4.78 is 37.4. The van der Waals surface area contributed by atoms with Gasteiger partial charge in [-0.2, -0.15) is 13.2 Å². The molecule has 120 valence electrons. The topological polar surface area (TPSA) is 46.1 Å². The molecule has 1 aliphatic rings. The highest BCUT2D eigenvalue weighted by Crippen LogP contribution is 2.33. The van der Waals surface area contributed by atoms with Crippen LogP contribution in [0.5, 0.6) is 0 Å². The molecule has 1 aromatic carbocycles. The van der Waals surface area contributed by atoms with Gasteiger partial charge in [0.25, 0.3) is 0 Å². The Hall–Kier alpha value is -2.09. The maximum absolute atomic E-state index is 12.5. The predicted octanol–water partition coefficient (Wildman–Crippen LogP) is 3.39. The number of halogens is 3. The molecular weight excluding hydrogens is 327 g/mol. The van der Waals surface area contributed by atoms with Crippen LogP contribution in [0, 0.1) is 0 Å². The van der Waals surface area contributed by atoms with Crippen LogP contribution >= 0.6 is 11.8 Å². The smallest absolute Gasteiger partial charge is 0.311 e. The number of anilines is 1. The molecule has 1 aliphatic heterocycles. The molecule has 0 radical (unpaired) electrons. The minimum Gasteiger partial charge on any atom is -0.311 e. The number of hydrogen-bond donors (Lipinski definition) is 0. The quantitative estimate of drug-likeness (QED) is 0.860. The van der Waals surface area contributed by atoms with Crippen molar-refractivity contribution in [1.29, 1.82) is 0 Å². The van der Waals surface area contributed by atoms with Crippen molar-refractivity contribution in [2.24, 2.45) is 0 Å². The number of carbonyl (C=O) groups is 1. The van der Waals surface area contributed by atoms with Crippen molar-refractivity contribution < 1.29 is 18.0 Å². The van der Waals surface area contributed by atoms with Crippen LogP contribution in [0.4, 0.5) is 18.9 Å². The fourth-order valence-corrected chi connectivity index (χ4v) is 3.28. The van der Waals surface area contributed by atoms with E-state index in [0.29, 0.717) is 18.0 Å². The molecule has 1 amide bonds. The molecule has 0 bridgehead atoms. The van der Waals surface area contributed by atoms with Gasteiger partial charge in [0.1, 0.15) is 5.03 Å². The summed E-state index contributed by atoms with van der Waals surface area (Å²) in [6, 6.07) is 11.4. The maximum atomic E-state index is 12.5. The monoisotopic (exact) mass is 339 g/mol. The van der Waals surface area contributed by atoms with E-state index in [1.165, 1.54) is 6.07 Å². The zero-order valence-electron chi connectivity index (χ0n) is 11.8. The van der Waals surface area contributed by atoms with Gasteiger partial charge in [0, 0.05) is 12.2 Å². The van der Waals surface area contributed by atoms with Gasteiger partial charge in [0.05, 0.1) is 5.25 Å². The molecule has 23 heavy (non-hydrogen) atoms. The summed E-state index contributed by atoms with van der Waals surface area (Å²) >= 11 is 1.14. The van der Waals surface area contributed by atoms with Crippen LogP contribution in [0.3, 0.4) is 0 Å². The van der Waals surface area contributed by atoms with Crippen molar-refractivity contribution in [3.63, 3.8) is 0 Å². The van der Waals surface area contributed by atoms with Crippen molar-refractivity contribution in [3.05, 3.63) is 48.2 Å². The lowest BCUT2D eigenvalue weighted by Crippen LogP contribution is -2.27. The third kappa shape index (κ3) is 3.47. The molecule has 0 saturated carbocycles. The molecule has 1 atom stereocenters. The predicted molar refractivity (Wildman–Crippen MR) is 80.1 cm³/mol. The first-order chi connectivity index (χ1) is 10.9. The average Bonchev–Trinajstić information content (AvgIpc) is 2.89. The lowest BCUT2D eigenvalue weighted by Gasteiger charge is -2.16. The van der Waals surface area contributed by atoms with E-state index in [-0.39, 0.29) is 11.2 Å². The van der Waals surface area contributed by atoms with Crippen molar-refractivity contribution in [1.82, 2.24) is 10.2 Å². The zero-order chi connectivity index (χ0) is 16.4. The van der Waals surface area contributed by atoms with Gasteiger partial charge in [-0.1, -0.05) is 30.0 Å². The highest BCUT2D eigenvalue weighted by molar-refractivity contribution is 8.00. The van der Waals surface area contributed by atoms with Gasteiger partial charge in [-0.05, 0) is 30.7 Å². The van der Waals surface area contributed by atoms with Crippen molar-refractivity contribution >= 4 is 23.4 Å². The highest BCUT2D eigenvalue weighted by Gasteiger charge is 2.35. The molecule has 1 aromatic heterocycles. The van der Waals surface area contributed by atoms with Gasteiger partial charge < -0.3 is 4.90 Å². The first-order valence-corrected chi connectivity index (χ1v) is 7.77. The van der Waals surface area contributed by atoms with Crippen LogP contribution in [0.15, 0.2) is 47.5 Å². The van der Waals surface area contributed by atoms with E-state index in [9.17, 15) is 18.0 Å². The van der Waals surface area contributed by atoms with Crippen LogP contribution in [0.2, 0.25) is 0 Å². The fourth-order valence-electron chi connectivity index (χ4n) is 2.31. The number of carbonyl (C=O) groups excluding carboxylic acids is 1. The van der Waals surface area contributed by atoms with Gasteiger partial charge in [0.15, 0.2) is 5.69 Å². The number of benzene rings is 1. The standard InChI is InChI=1S/C15H12F3N3OS/c16-15(17,18)12-6-7-13(20-19-12)23-11-8-9-21(14(11)22)10-4-2-1-3-5-10/h1-7,11H,8-9H2. The normalized spacial score (nSPS) is 18.5.